The zero-order valence-corrected chi connectivity index (χ0v) is 22.9. The van der Waals surface area contributed by atoms with Crippen LogP contribution < -0.4 is 4.74 Å². The lowest BCUT2D eigenvalue weighted by atomic mass is 9.68. The minimum Gasteiger partial charge on any atom is -0.417 e. The molecular formula is C30H44ClF5O. The van der Waals surface area contributed by atoms with Gasteiger partial charge in [-0.2, -0.15) is 0 Å². The van der Waals surface area contributed by atoms with Crippen molar-refractivity contribution in [2.75, 3.05) is 6.67 Å². The van der Waals surface area contributed by atoms with Crippen molar-refractivity contribution in [1.29, 1.82) is 0 Å². The molecule has 7 heteroatoms. The normalized spacial score (nSPS) is 30.8. The maximum atomic E-state index is 13.6. The second-order valence-corrected chi connectivity index (χ2v) is 12.0. The van der Waals surface area contributed by atoms with Crippen molar-refractivity contribution in [2.24, 2.45) is 23.7 Å². The molecule has 1 aromatic rings. The monoisotopic (exact) mass is 550 g/mol. The van der Waals surface area contributed by atoms with E-state index in [1.807, 2.05) is 0 Å². The van der Waals surface area contributed by atoms with E-state index in [0.717, 1.165) is 36.3 Å². The molecule has 0 aromatic heterocycles. The van der Waals surface area contributed by atoms with Crippen LogP contribution in [0.5, 0.6) is 5.75 Å². The lowest BCUT2D eigenvalue weighted by Crippen LogP contribution is -2.26. The van der Waals surface area contributed by atoms with E-state index in [1.165, 1.54) is 70.3 Å². The summed E-state index contributed by atoms with van der Waals surface area (Å²) in [6.07, 6.45) is 16.4. The van der Waals surface area contributed by atoms with E-state index in [-0.39, 0.29) is 12.6 Å². The molecule has 0 atom stereocenters. The Balaban J connectivity index is 0.000000206. The molecule has 3 aliphatic carbocycles. The van der Waals surface area contributed by atoms with Crippen LogP contribution in [-0.2, 0) is 0 Å². The third-order valence-corrected chi connectivity index (χ3v) is 9.05. The van der Waals surface area contributed by atoms with Crippen LogP contribution in [0.4, 0.5) is 22.0 Å². The summed E-state index contributed by atoms with van der Waals surface area (Å²) in [5, 5.41) is 0. The molecule has 0 aliphatic heterocycles. The number of hydrogen-bond donors (Lipinski definition) is 0. The third-order valence-electron chi connectivity index (χ3n) is 8.97. The van der Waals surface area contributed by atoms with Crippen molar-refractivity contribution in [3.8, 4) is 5.75 Å². The summed E-state index contributed by atoms with van der Waals surface area (Å²) in [7, 11) is 0. The van der Waals surface area contributed by atoms with Crippen LogP contribution in [0, 0.1) is 29.5 Å². The van der Waals surface area contributed by atoms with Gasteiger partial charge in [0.25, 0.3) is 0 Å². The van der Waals surface area contributed by atoms with Gasteiger partial charge in [-0.25, -0.2) is 8.78 Å². The Morgan fingerprint density at radius 3 is 1.84 bits per heavy atom. The Hall–Kier alpha value is -1.04. The highest BCUT2D eigenvalue weighted by atomic mass is 35.5. The van der Waals surface area contributed by atoms with Crippen LogP contribution in [0.3, 0.4) is 0 Å². The molecule has 0 N–H and O–H groups in total. The number of rotatable bonds is 8. The van der Waals surface area contributed by atoms with E-state index < -0.39 is 23.3 Å². The molecule has 0 bridgehead atoms. The molecule has 1 aromatic carbocycles. The minimum atomic E-state index is -3.94. The fourth-order valence-corrected chi connectivity index (χ4v) is 6.91. The molecule has 0 unspecified atom stereocenters. The lowest BCUT2D eigenvalue weighted by Gasteiger charge is -2.37. The molecule has 3 fully saturated rings. The molecule has 3 saturated carbocycles. The summed E-state index contributed by atoms with van der Waals surface area (Å²) >= 11 is 4.58. The zero-order valence-electron chi connectivity index (χ0n) is 22.2. The standard InChI is InChI=1S/C17H31F.C13H13ClF4O/c1-2-3-14-4-8-16(9-5-14)17-10-6-15(7-11-17)12-13-18;14-13(17,18)19-12-6-3-9(7-11(12)16)8-1-4-10(15)5-2-8/h14-17H,2-13H2,1H3;3,6-8,10H,1-2,4-5H2. The molecule has 1 nitrogen and oxygen atoms in total. The van der Waals surface area contributed by atoms with Crippen molar-refractivity contribution in [3.05, 3.63) is 29.6 Å². The van der Waals surface area contributed by atoms with Crippen molar-refractivity contribution in [1.82, 2.24) is 0 Å². The SMILES string of the molecule is CCCC1CCC(C2CCC(CCF)CC2)CC1.Fc1cc(C2CCC(F)CC2)ccc1OC(F)(F)Cl. The Morgan fingerprint density at radius 1 is 0.838 bits per heavy atom. The maximum Gasteiger partial charge on any atom is 0.487 e. The van der Waals surface area contributed by atoms with Crippen LogP contribution in [0.1, 0.15) is 115 Å². The third kappa shape index (κ3) is 10.2. The van der Waals surface area contributed by atoms with Crippen molar-refractivity contribution in [2.45, 2.75) is 121 Å². The van der Waals surface area contributed by atoms with Gasteiger partial charge in [-0.1, -0.05) is 51.5 Å². The van der Waals surface area contributed by atoms with Crippen LogP contribution in [0.25, 0.3) is 0 Å². The Morgan fingerprint density at radius 2 is 1.38 bits per heavy atom. The molecule has 0 heterocycles. The van der Waals surface area contributed by atoms with Gasteiger partial charge in [0.1, 0.15) is 6.17 Å². The van der Waals surface area contributed by atoms with Gasteiger partial charge in [0.05, 0.1) is 6.67 Å². The van der Waals surface area contributed by atoms with Crippen LogP contribution >= 0.6 is 11.6 Å². The fraction of sp³-hybridized carbons (Fsp3) is 0.800. The molecule has 0 amide bonds. The van der Waals surface area contributed by atoms with E-state index in [0.29, 0.717) is 37.2 Å². The summed E-state index contributed by atoms with van der Waals surface area (Å²) < 4.78 is 67.8. The first-order chi connectivity index (χ1) is 17.7. The molecule has 0 spiro atoms. The van der Waals surface area contributed by atoms with Crippen LogP contribution in [0.2, 0.25) is 0 Å². The van der Waals surface area contributed by atoms with Gasteiger partial charge in [-0.15, -0.1) is 8.78 Å². The molecule has 37 heavy (non-hydrogen) atoms. The zero-order chi connectivity index (χ0) is 26.8. The van der Waals surface area contributed by atoms with Crippen molar-refractivity contribution in [3.63, 3.8) is 0 Å². The summed E-state index contributed by atoms with van der Waals surface area (Å²) in [6, 6.07) is 3.80. The van der Waals surface area contributed by atoms with E-state index in [2.05, 4.69) is 23.3 Å². The van der Waals surface area contributed by atoms with Crippen molar-refractivity contribution >= 4 is 11.6 Å². The molecule has 3 aliphatic rings. The average molecular weight is 551 g/mol. The van der Waals surface area contributed by atoms with Gasteiger partial charge >= 0.3 is 5.57 Å². The molecule has 0 saturated heterocycles. The van der Waals surface area contributed by atoms with Crippen LogP contribution in [0.15, 0.2) is 18.2 Å². The van der Waals surface area contributed by atoms with Gasteiger partial charge in [0, 0.05) is 11.6 Å². The predicted octanol–water partition coefficient (Wildman–Crippen LogP) is 10.7. The van der Waals surface area contributed by atoms with Gasteiger partial charge in [-0.3, -0.25) is 4.39 Å². The maximum absolute atomic E-state index is 13.6. The number of alkyl halides is 5. The quantitative estimate of drug-likeness (QED) is 0.231. The fourth-order valence-electron chi connectivity index (χ4n) is 6.82. The van der Waals surface area contributed by atoms with Gasteiger partial charge in [-0.05, 0) is 105 Å². The van der Waals surface area contributed by atoms with E-state index in [9.17, 15) is 22.0 Å². The molecule has 212 valence electrons. The highest BCUT2D eigenvalue weighted by molar-refractivity contribution is 6.20. The second-order valence-electron chi connectivity index (χ2n) is 11.5. The van der Waals surface area contributed by atoms with Gasteiger partial charge in [0.2, 0.25) is 0 Å². The highest BCUT2D eigenvalue weighted by Gasteiger charge is 2.31. The largest absolute Gasteiger partial charge is 0.487 e. The summed E-state index contributed by atoms with van der Waals surface area (Å²) in [5.74, 6) is 2.33. The molecule has 0 radical (unpaired) electrons. The summed E-state index contributed by atoms with van der Waals surface area (Å²) in [5.41, 5.74) is -3.26. The van der Waals surface area contributed by atoms with E-state index in [1.54, 1.807) is 0 Å². The summed E-state index contributed by atoms with van der Waals surface area (Å²) in [6.45, 7) is 2.22. The lowest BCUT2D eigenvalue weighted by molar-refractivity contribution is -0.0984. The first-order valence-corrected chi connectivity index (χ1v) is 14.8. The Labute approximate surface area is 224 Å². The van der Waals surface area contributed by atoms with Gasteiger partial charge in [0.15, 0.2) is 11.6 Å². The molecular weight excluding hydrogens is 507 g/mol. The first kappa shape index (κ1) is 30.5. The predicted molar refractivity (Wildman–Crippen MR) is 140 cm³/mol. The van der Waals surface area contributed by atoms with Crippen LogP contribution in [-0.4, -0.2) is 18.4 Å². The number of halogens is 6. The van der Waals surface area contributed by atoms with E-state index >= 15 is 0 Å². The van der Waals surface area contributed by atoms with Gasteiger partial charge < -0.3 is 4.74 Å². The topological polar surface area (TPSA) is 9.23 Å². The second kappa shape index (κ2) is 14.9. The number of benzene rings is 1. The Kier molecular flexibility index (Phi) is 12.3. The van der Waals surface area contributed by atoms with E-state index in [4.69, 9.17) is 0 Å². The first-order valence-electron chi connectivity index (χ1n) is 14.4. The smallest absolute Gasteiger partial charge is 0.417 e. The number of ether oxygens (including phenoxy) is 1. The minimum absolute atomic E-state index is 0.0621. The highest BCUT2D eigenvalue weighted by Crippen LogP contribution is 2.43. The Bertz CT molecular complexity index is 753. The molecule has 4 rings (SSSR count). The van der Waals surface area contributed by atoms with Crippen molar-refractivity contribution < 1.29 is 26.7 Å². The average Bonchev–Trinajstić information content (AvgIpc) is 2.87. The summed E-state index contributed by atoms with van der Waals surface area (Å²) in [4.78, 5) is 0. The number of hydrogen-bond acceptors (Lipinski definition) is 1.